The Labute approximate surface area is 716 Å². The summed E-state index contributed by atoms with van der Waals surface area (Å²) in [4.78, 5) is 104. The fourth-order valence-corrected chi connectivity index (χ4v) is 14.0. The minimum absolute atomic E-state index is 0.0973. The first-order valence-electron chi connectivity index (χ1n) is 39.6. The van der Waals surface area contributed by atoms with Gasteiger partial charge in [-0.05, 0) is 109 Å². The standard InChI is InChI=1S/C21H16N6O2.C20H16N6O.C18H15N5O2.C18H15N5O.C15H11N5O2/c1-12-17(18(27-29-12)13-7-3-2-4-8-13)21(28)25-16-11-22-26-19(16)20-23-14-9-5-6-10-15(14)24-20;27-18(9-12-10-21-14-6-2-1-5-13(12)14)23-17-11-22-26-19(17)20-24-15-7-3-4-8-16(15)25-20;1-25-15-9-5-2-6-11(15)18(24)22-14-10-19-23-16(14)17-20-12-7-3-4-8-13(12)21-17;24-16(10-12-6-2-1-3-7-12)20-15-11-19-23-17(15)18-21-13-8-4-5-9-14(13)22-18;21-15(12-6-3-7-22-12)19-11-8-16-20-13(11)14-17-9-4-1-2-5-10(9)18-14/h2-11H,1H3,(H,22,26)(H,23,24)(H,25,28);1-8,10-11,21H,9H2,(H,22,26)(H,23,27)(H,24,25);2-10H,1H3,(H,19,23)(H,20,21)(H,22,24);1-9,11H,10H2,(H,19,23)(H,20,24)(H,21,22);1-8H,(H,16,20)(H,17,18)(H,19,21). The van der Waals surface area contributed by atoms with Crippen molar-refractivity contribution in [3.8, 4) is 74.6 Å². The van der Waals surface area contributed by atoms with Gasteiger partial charge < -0.3 is 70.2 Å². The van der Waals surface area contributed by atoms with Crippen molar-refractivity contribution in [2.24, 2.45) is 0 Å². The van der Waals surface area contributed by atoms with Gasteiger partial charge in [-0.15, -0.1) is 0 Å². The highest BCUT2D eigenvalue weighted by molar-refractivity contribution is 6.11. The summed E-state index contributed by atoms with van der Waals surface area (Å²) in [5.41, 5.74) is 19.8. The Morgan fingerprint density at radius 1 is 0.370 bits per heavy atom. The lowest BCUT2D eigenvalue weighted by molar-refractivity contribution is -0.116. The van der Waals surface area contributed by atoms with E-state index in [1.165, 1.54) is 19.6 Å². The minimum atomic E-state index is -0.344. The topological polar surface area (TPSA) is 496 Å². The average molecular weight is 1680 g/mol. The van der Waals surface area contributed by atoms with Crippen LogP contribution >= 0.6 is 0 Å². The summed E-state index contributed by atoms with van der Waals surface area (Å²) in [7, 11) is 1.53. The molecule has 0 atom stereocenters. The van der Waals surface area contributed by atoms with Gasteiger partial charge in [-0.3, -0.25) is 49.5 Å². The molecule has 127 heavy (non-hydrogen) atoms. The molecule has 0 fully saturated rings. The van der Waals surface area contributed by atoms with Crippen LogP contribution in [0, 0.1) is 6.92 Å². The molecule has 0 spiro atoms. The number of fused-ring (bicyclic) bond motifs is 6. The molecule has 0 aliphatic heterocycles. The Bertz CT molecular complexity index is 7450. The van der Waals surface area contributed by atoms with E-state index in [9.17, 15) is 24.0 Å². The van der Waals surface area contributed by atoms with Crippen molar-refractivity contribution in [3.05, 3.63) is 320 Å². The summed E-state index contributed by atoms with van der Waals surface area (Å²) in [6.07, 6.45) is 11.7. The number of carbonyl (C=O) groups is 5. The van der Waals surface area contributed by atoms with E-state index in [1.807, 2.05) is 219 Å². The van der Waals surface area contributed by atoms with Gasteiger partial charge in [-0.1, -0.05) is 157 Å². The second-order valence-electron chi connectivity index (χ2n) is 28.5. The quantitative estimate of drug-likeness (QED) is 0.0357. The van der Waals surface area contributed by atoms with E-state index < -0.39 is 0 Å². The number of rotatable bonds is 19. The van der Waals surface area contributed by atoms with E-state index >= 15 is 0 Å². The van der Waals surface area contributed by atoms with Crippen LogP contribution in [0.15, 0.2) is 295 Å². The lowest BCUT2D eigenvalue weighted by atomic mass is 10.1. The van der Waals surface area contributed by atoms with E-state index in [2.05, 4.69) is 138 Å². The number of para-hydroxylation sites is 12. The Morgan fingerprint density at radius 2 is 0.740 bits per heavy atom. The monoisotopic (exact) mass is 1680 g/mol. The Hall–Kier alpha value is -18.4. The number of nitrogens with zero attached hydrogens (tertiary/aromatic N) is 11. The van der Waals surface area contributed by atoms with Crippen LogP contribution < -0.4 is 31.3 Å². The van der Waals surface area contributed by atoms with E-state index in [-0.39, 0.29) is 41.7 Å². The van der Waals surface area contributed by atoms with E-state index in [0.29, 0.717) is 121 Å². The van der Waals surface area contributed by atoms with Gasteiger partial charge in [-0.25, -0.2) is 24.9 Å². The second-order valence-corrected chi connectivity index (χ2v) is 28.5. The second kappa shape index (κ2) is 36.2. The number of aromatic amines is 11. The number of methoxy groups -OCH3 is 1. The highest BCUT2D eigenvalue weighted by Gasteiger charge is 2.26. The molecule has 35 heteroatoms. The zero-order valence-corrected chi connectivity index (χ0v) is 67.2. The lowest BCUT2D eigenvalue weighted by Crippen LogP contribution is -2.14. The number of H-pyrrole nitrogens is 11. The van der Waals surface area contributed by atoms with Gasteiger partial charge in [0.1, 0.15) is 51.2 Å². The lowest BCUT2D eigenvalue weighted by Gasteiger charge is -2.08. The molecule has 16 N–H and O–H groups in total. The van der Waals surface area contributed by atoms with Gasteiger partial charge in [-0.2, -0.15) is 25.5 Å². The average Bonchev–Trinajstić information content (AvgIpc) is 1.71. The van der Waals surface area contributed by atoms with Gasteiger partial charge >= 0.3 is 0 Å². The fraction of sp³-hybridized carbons (Fsp3) is 0.0435. The van der Waals surface area contributed by atoms with Crippen molar-refractivity contribution in [2.45, 2.75) is 19.8 Å². The largest absolute Gasteiger partial charge is 0.496 e. The van der Waals surface area contributed by atoms with Crippen molar-refractivity contribution in [1.82, 2.24) is 111 Å². The Kier molecular flexibility index (Phi) is 22.7. The molecule has 0 bridgehead atoms. The molecular weight excluding hydrogens is 1610 g/mol. The van der Waals surface area contributed by atoms with Crippen molar-refractivity contribution >= 4 is 124 Å². The van der Waals surface area contributed by atoms with Gasteiger partial charge in [0.2, 0.25) is 11.8 Å². The molecule has 35 nitrogen and oxygen atoms in total. The number of anilines is 5. The van der Waals surface area contributed by atoms with Crippen LogP contribution in [0.2, 0.25) is 0 Å². The number of ether oxygens (including phenoxy) is 1. The molecule has 624 valence electrons. The smallest absolute Gasteiger partial charge is 0.291 e. The number of furan rings is 1. The first-order valence-corrected chi connectivity index (χ1v) is 39.6. The number of nitrogens with one attached hydrogen (secondary N) is 16. The first kappa shape index (κ1) is 79.7. The highest BCUT2D eigenvalue weighted by atomic mass is 16.5. The van der Waals surface area contributed by atoms with Gasteiger partial charge in [0.05, 0.1) is 146 Å². The Balaban J connectivity index is 0.000000108. The van der Waals surface area contributed by atoms with Crippen LogP contribution in [0.5, 0.6) is 5.75 Å². The van der Waals surface area contributed by atoms with E-state index in [1.54, 1.807) is 62.0 Å². The van der Waals surface area contributed by atoms with Crippen molar-refractivity contribution in [2.75, 3.05) is 33.7 Å². The first-order chi connectivity index (χ1) is 62.3. The molecule has 22 rings (SSSR count). The molecule has 0 saturated heterocycles. The number of benzene rings is 9. The molecule has 5 amide bonds. The third kappa shape index (κ3) is 17.8. The predicted molar refractivity (Wildman–Crippen MR) is 480 cm³/mol. The molecule has 0 aliphatic carbocycles. The van der Waals surface area contributed by atoms with Crippen molar-refractivity contribution in [3.63, 3.8) is 0 Å². The Morgan fingerprint density at radius 3 is 1.17 bits per heavy atom. The summed E-state index contributed by atoms with van der Waals surface area (Å²) in [6.45, 7) is 1.71. The van der Waals surface area contributed by atoms with E-state index in [0.717, 1.165) is 82.8 Å². The zero-order valence-electron chi connectivity index (χ0n) is 67.2. The predicted octanol–water partition coefficient (Wildman–Crippen LogP) is 16.9. The maximum absolute atomic E-state index is 13.1. The number of hydrogen-bond donors (Lipinski definition) is 16. The molecular formula is C92H73N27O8. The molecule has 13 heterocycles. The maximum atomic E-state index is 13.1. The molecule has 0 saturated carbocycles. The number of amides is 5. The van der Waals surface area contributed by atoms with Crippen molar-refractivity contribution in [1.29, 1.82) is 0 Å². The number of hydrogen-bond acceptors (Lipinski definition) is 19. The van der Waals surface area contributed by atoms with Crippen molar-refractivity contribution < 1.29 is 37.6 Å². The van der Waals surface area contributed by atoms with Crippen LogP contribution in [0.1, 0.15) is 48.2 Å². The normalized spacial score (nSPS) is 11.0. The highest BCUT2D eigenvalue weighted by Crippen LogP contribution is 2.34. The summed E-state index contributed by atoms with van der Waals surface area (Å²) in [5.74, 6) is 3.09. The van der Waals surface area contributed by atoms with Crippen LogP contribution in [0.4, 0.5) is 28.4 Å². The maximum Gasteiger partial charge on any atom is 0.291 e. The van der Waals surface area contributed by atoms with Gasteiger partial charge in [0, 0.05) is 22.7 Å². The fourth-order valence-electron chi connectivity index (χ4n) is 14.0. The molecule has 0 aliphatic rings. The number of aryl methyl sites for hydroxylation is 1. The minimum Gasteiger partial charge on any atom is -0.496 e. The van der Waals surface area contributed by atoms with Crippen LogP contribution in [0.3, 0.4) is 0 Å². The van der Waals surface area contributed by atoms with Crippen LogP contribution in [0.25, 0.3) is 135 Å². The van der Waals surface area contributed by atoms with E-state index in [4.69, 9.17) is 13.7 Å². The summed E-state index contributed by atoms with van der Waals surface area (Å²) < 4.78 is 15.6. The molecule has 0 radical (unpaired) electrons. The SMILES string of the molecule is COc1ccccc1C(=O)Nc1cn[nH]c1-c1nc2ccccc2[nH]1.Cc1onc(-c2ccccc2)c1C(=O)Nc1cn[nH]c1-c1nc2ccccc2[nH]1.O=C(Cc1c[nH]c2ccccc12)Nc1cn[nH]c1-c1nc2ccccc2[nH]1.O=C(Cc1ccccc1)Nc1cn[nH]c1-c1nc2ccccc2[nH]1.O=C(Nc1cn[nH]c1-c1nc2ccccc2[nH]1)c1ccco1. The van der Waals surface area contributed by atoms with Crippen LogP contribution in [-0.4, -0.2) is 148 Å². The number of imidazole rings is 5. The van der Waals surface area contributed by atoms with Crippen LogP contribution in [-0.2, 0) is 22.4 Å². The molecule has 9 aromatic carbocycles. The summed E-state index contributed by atoms with van der Waals surface area (Å²) in [6, 6.07) is 75.9. The molecule has 22 aromatic rings. The number of aromatic nitrogens is 22. The van der Waals surface area contributed by atoms with Gasteiger partial charge in [0.25, 0.3) is 17.7 Å². The number of carbonyl (C=O) groups excluding carboxylic acids is 5. The third-order valence-corrected chi connectivity index (χ3v) is 20.1. The van der Waals surface area contributed by atoms with Gasteiger partial charge in [0.15, 0.2) is 34.9 Å². The molecule has 13 aromatic heterocycles. The third-order valence-electron chi connectivity index (χ3n) is 20.1. The summed E-state index contributed by atoms with van der Waals surface area (Å²) >= 11 is 0. The zero-order chi connectivity index (χ0) is 86.5. The summed E-state index contributed by atoms with van der Waals surface area (Å²) in [5, 5.41) is 54.0. The molecule has 0 unspecified atom stereocenters.